The van der Waals surface area contributed by atoms with Crippen LogP contribution in [0.15, 0.2) is 0 Å². The Balaban J connectivity index is 2.11. The van der Waals surface area contributed by atoms with E-state index in [9.17, 15) is 35.4 Å². The molecule has 0 aromatic carbocycles. The average molecular weight is 1010 g/mol. The van der Waals surface area contributed by atoms with Crippen LogP contribution in [0.4, 0.5) is 0 Å². The molecule has 8 unspecified atom stereocenters. The van der Waals surface area contributed by atoms with Gasteiger partial charge in [0.15, 0.2) is 6.29 Å². The first-order chi connectivity index (χ1) is 34.8. The zero-order valence-corrected chi connectivity index (χ0v) is 46.9. The van der Waals surface area contributed by atoms with E-state index in [1.807, 2.05) is 0 Å². The van der Waals surface area contributed by atoms with E-state index in [-0.39, 0.29) is 6.61 Å². The van der Waals surface area contributed by atoms with Crippen molar-refractivity contribution >= 4 is 5.91 Å². The molecule has 7 N–H and O–H groups in total. The second kappa shape index (κ2) is 51.3. The van der Waals surface area contributed by atoms with Crippen LogP contribution in [-0.2, 0) is 14.3 Å². The van der Waals surface area contributed by atoms with Crippen molar-refractivity contribution in [3.05, 3.63) is 0 Å². The van der Waals surface area contributed by atoms with Gasteiger partial charge in [-0.3, -0.25) is 4.79 Å². The van der Waals surface area contributed by atoms with Crippen molar-refractivity contribution in [1.29, 1.82) is 0 Å². The van der Waals surface area contributed by atoms with Gasteiger partial charge in [-0.1, -0.05) is 309 Å². The van der Waals surface area contributed by atoms with Crippen LogP contribution in [0.1, 0.15) is 322 Å². The number of ether oxygens (including phenoxy) is 2. The molecule has 0 aromatic heterocycles. The lowest BCUT2D eigenvalue weighted by Gasteiger charge is -2.40. The Labute approximate surface area is 438 Å². The molecule has 10 heteroatoms. The second-order valence-corrected chi connectivity index (χ2v) is 22.4. The van der Waals surface area contributed by atoms with Crippen LogP contribution >= 0.6 is 0 Å². The van der Waals surface area contributed by atoms with Gasteiger partial charge in [0.25, 0.3) is 0 Å². The second-order valence-electron chi connectivity index (χ2n) is 22.4. The molecule has 0 spiro atoms. The zero-order valence-electron chi connectivity index (χ0n) is 46.9. The molecule has 1 saturated heterocycles. The Hall–Kier alpha value is -0.850. The Kier molecular flexibility index (Phi) is 49.2. The largest absolute Gasteiger partial charge is 0.394 e. The van der Waals surface area contributed by atoms with Gasteiger partial charge < -0.3 is 45.4 Å². The van der Waals surface area contributed by atoms with Crippen LogP contribution in [0.3, 0.4) is 0 Å². The molecule has 0 aliphatic carbocycles. The normalized spacial score (nSPS) is 19.6. The Bertz CT molecular complexity index is 1100. The van der Waals surface area contributed by atoms with Crippen molar-refractivity contribution < 1.29 is 44.9 Å². The van der Waals surface area contributed by atoms with Crippen molar-refractivity contribution in [2.24, 2.45) is 0 Å². The number of amides is 1. The van der Waals surface area contributed by atoms with Crippen LogP contribution in [-0.4, -0.2) is 98.7 Å². The first-order valence-electron chi connectivity index (χ1n) is 31.3. The molecule has 0 radical (unpaired) electrons. The van der Waals surface area contributed by atoms with E-state index in [0.29, 0.717) is 12.8 Å². The summed E-state index contributed by atoms with van der Waals surface area (Å²) in [5, 5.41) is 65.2. The van der Waals surface area contributed by atoms with Gasteiger partial charge in [0, 0.05) is 0 Å². The van der Waals surface area contributed by atoms with Crippen molar-refractivity contribution in [1.82, 2.24) is 5.32 Å². The van der Waals surface area contributed by atoms with Gasteiger partial charge in [-0.15, -0.1) is 0 Å². The van der Waals surface area contributed by atoms with Crippen LogP contribution in [0, 0.1) is 0 Å². The summed E-state index contributed by atoms with van der Waals surface area (Å²) in [6.45, 7) is 3.72. The Morgan fingerprint density at radius 3 is 1.00 bits per heavy atom. The van der Waals surface area contributed by atoms with E-state index in [4.69, 9.17) is 9.47 Å². The van der Waals surface area contributed by atoms with Gasteiger partial charge in [-0.25, -0.2) is 0 Å². The molecule has 1 amide bonds. The van der Waals surface area contributed by atoms with Gasteiger partial charge in [0.05, 0.1) is 25.4 Å². The van der Waals surface area contributed by atoms with Gasteiger partial charge in [0.1, 0.15) is 30.5 Å². The first-order valence-corrected chi connectivity index (χ1v) is 31.3. The highest BCUT2D eigenvalue weighted by molar-refractivity contribution is 5.80. The minimum absolute atomic E-state index is 0.249. The highest BCUT2D eigenvalue weighted by atomic mass is 16.7. The summed E-state index contributed by atoms with van der Waals surface area (Å²) < 4.78 is 11.2. The summed E-state index contributed by atoms with van der Waals surface area (Å²) in [5.41, 5.74) is 0. The topological polar surface area (TPSA) is 169 Å². The summed E-state index contributed by atoms with van der Waals surface area (Å²) in [7, 11) is 0. The van der Waals surface area contributed by atoms with Crippen molar-refractivity contribution in [2.75, 3.05) is 13.2 Å². The highest BCUT2D eigenvalue weighted by Gasteiger charge is 2.44. The Morgan fingerprint density at radius 2 is 0.704 bits per heavy atom. The number of aliphatic hydroxyl groups is 6. The fourth-order valence-corrected chi connectivity index (χ4v) is 10.5. The number of hydrogen-bond donors (Lipinski definition) is 7. The number of hydrogen-bond acceptors (Lipinski definition) is 9. The predicted octanol–water partition coefficient (Wildman–Crippen LogP) is 14.8. The highest BCUT2D eigenvalue weighted by Crippen LogP contribution is 2.24. The quantitative estimate of drug-likeness (QED) is 0.0293. The van der Waals surface area contributed by atoms with E-state index < -0.39 is 61.5 Å². The lowest BCUT2D eigenvalue weighted by molar-refractivity contribution is -0.302. The summed E-state index contributed by atoms with van der Waals surface area (Å²) >= 11 is 0. The van der Waals surface area contributed by atoms with E-state index in [1.165, 1.54) is 257 Å². The number of carbonyl (C=O) groups is 1. The molecule has 10 nitrogen and oxygen atoms in total. The number of nitrogens with one attached hydrogen (secondary N) is 1. The van der Waals surface area contributed by atoms with E-state index in [1.54, 1.807) is 0 Å². The maximum absolute atomic E-state index is 13.2. The SMILES string of the molecule is CCCCCCCCCCCCCCCCCCCCCCCCCCCCCCCCCCC(O)C(=O)NC(COC1OC(CO)C(O)C(O)C1O)C(O)CCCCCCCCCCCCCCCC. The lowest BCUT2D eigenvalue weighted by atomic mass is 9.99. The number of carbonyl (C=O) groups excluding carboxylic acids is 1. The molecule has 1 rings (SSSR count). The molecule has 1 fully saturated rings. The van der Waals surface area contributed by atoms with Crippen molar-refractivity contribution in [2.45, 2.75) is 371 Å². The molecular formula is C61H121NO9. The molecule has 71 heavy (non-hydrogen) atoms. The van der Waals surface area contributed by atoms with Crippen molar-refractivity contribution in [3.63, 3.8) is 0 Å². The molecule has 424 valence electrons. The third-order valence-corrected chi connectivity index (χ3v) is 15.6. The fraction of sp³-hybridized carbons (Fsp3) is 0.984. The van der Waals surface area contributed by atoms with Crippen molar-refractivity contribution in [3.8, 4) is 0 Å². The number of rotatable bonds is 55. The molecular weight excluding hydrogens is 891 g/mol. The van der Waals surface area contributed by atoms with Crippen LogP contribution in [0.2, 0.25) is 0 Å². The molecule has 0 saturated carbocycles. The summed E-state index contributed by atoms with van der Waals surface area (Å²) in [6.07, 6.45) is 52.0. The van der Waals surface area contributed by atoms with Crippen LogP contribution in [0.5, 0.6) is 0 Å². The lowest BCUT2D eigenvalue weighted by Crippen LogP contribution is -2.60. The summed E-state index contributed by atoms with van der Waals surface area (Å²) in [4.78, 5) is 13.2. The van der Waals surface area contributed by atoms with Crippen LogP contribution in [0.25, 0.3) is 0 Å². The number of aliphatic hydroxyl groups excluding tert-OH is 6. The minimum Gasteiger partial charge on any atom is -0.394 e. The monoisotopic (exact) mass is 1010 g/mol. The number of unbranched alkanes of at least 4 members (excludes halogenated alkanes) is 44. The predicted molar refractivity (Wildman–Crippen MR) is 297 cm³/mol. The molecule has 0 aromatic rings. The standard InChI is InChI=1S/C61H121NO9/c1-3-5-7-9-11-13-15-17-19-20-21-22-23-24-25-26-27-28-29-30-31-32-33-34-35-36-38-40-42-44-46-48-50-55(65)60(69)62-53(52-70-61-59(68)58(67)57(66)56(51-63)71-61)54(64)49-47-45-43-41-39-37-18-16-14-12-10-8-6-4-2/h53-59,61,63-68H,3-52H2,1-2H3,(H,62,69). The first kappa shape index (κ1) is 68.2. The van der Waals surface area contributed by atoms with Gasteiger partial charge >= 0.3 is 0 Å². The zero-order chi connectivity index (χ0) is 51.7. The van der Waals surface area contributed by atoms with Gasteiger partial charge in [-0.2, -0.15) is 0 Å². The minimum atomic E-state index is -1.59. The van der Waals surface area contributed by atoms with Crippen LogP contribution < -0.4 is 5.32 Å². The maximum atomic E-state index is 13.2. The van der Waals surface area contributed by atoms with E-state index in [2.05, 4.69) is 19.2 Å². The van der Waals surface area contributed by atoms with Gasteiger partial charge in [0.2, 0.25) is 5.91 Å². The third-order valence-electron chi connectivity index (χ3n) is 15.6. The van der Waals surface area contributed by atoms with Gasteiger partial charge in [-0.05, 0) is 12.8 Å². The average Bonchev–Trinajstić information content (AvgIpc) is 3.37. The molecule has 1 heterocycles. The third kappa shape index (κ3) is 40.1. The van der Waals surface area contributed by atoms with E-state index in [0.717, 1.165) is 38.5 Å². The molecule has 1 aliphatic rings. The molecule has 1 aliphatic heterocycles. The van der Waals surface area contributed by atoms with E-state index >= 15 is 0 Å². The maximum Gasteiger partial charge on any atom is 0.249 e. The smallest absolute Gasteiger partial charge is 0.249 e. The molecule has 0 bridgehead atoms. The summed E-state index contributed by atoms with van der Waals surface area (Å²) in [6, 6.07) is -0.889. The fourth-order valence-electron chi connectivity index (χ4n) is 10.5. The Morgan fingerprint density at radius 1 is 0.423 bits per heavy atom. The summed E-state index contributed by atoms with van der Waals surface area (Å²) in [5.74, 6) is -0.576. The molecule has 8 atom stereocenters.